The quantitative estimate of drug-likeness (QED) is 0.898. The molecule has 0 saturated carbocycles. The van der Waals surface area contributed by atoms with Gasteiger partial charge in [0.25, 0.3) is 0 Å². The van der Waals surface area contributed by atoms with Gasteiger partial charge in [-0.1, -0.05) is 18.2 Å². The molecule has 90 valence electrons. The van der Waals surface area contributed by atoms with Crippen molar-refractivity contribution in [3.8, 4) is 5.75 Å². The molecule has 0 saturated heterocycles. The van der Waals surface area contributed by atoms with E-state index in [1.807, 2.05) is 31.2 Å². The van der Waals surface area contributed by atoms with E-state index < -0.39 is 0 Å². The average molecular weight is 247 g/mol. The molecule has 0 aliphatic heterocycles. The van der Waals surface area contributed by atoms with E-state index >= 15 is 0 Å². The monoisotopic (exact) mass is 247 g/mol. The molecule has 1 aromatic heterocycles. The van der Waals surface area contributed by atoms with Crippen molar-refractivity contribution in [1.29, 1.82) is 0 Å². The number of ether oxygens (including phenoxy) is 1. The zero-order chi connectivity index (χ0) is 12.3. The Balaban J connectivity index is 2.22. The fraction of sp³-hybridized carbons (Fsp3) is 0.286. The van der Waals surface area contributed by atoms with Gasteiger partial charge in [-0.15, -0.1) is 11.3 Å². The molecule has 1 unspecified atom stereocenters. The Bertz CT molecular complexity index is 492. The Morgan fingerprint density at radius 1 is 1.18 bits per heavy atom. The lowest BCUT2D eigenvalue weighted by molar-refractivity contribution is 0.216. The average Bonchev–Trinajstić information content (AvgIpc) is 2.75. The van der Waals surface area contributed by atoms with Crippen LogP contribution in [-0.2, 0) is 0 Å². The molecule has 0 aliphatic carbocycles. The number of benzene rings is 1. The number of thiophene rings is 1. The summed E-state index contributed by atoms with van der Waals surface area (Å²) in [6, 6.07) is 10.1. The third-order valence-electron chi connectivity index (χ3n) is 2.77. The molecule has 2 rings (SSSR count). The first kappa shape index (κ1) is 12.1. The molecule has 3 heteroatoms. The van der Waals surface area contributed by atoms with Crippen LogP contribution in [0.15, 0.2) is 35.7 Å². The minimum atomic E-state index is -0.0453. The minimum Gasteiger partial charge on any atom is -0.483 e. The third kappa shape index (κ3) is 2.68. The number of nitrogens with two attached hydrogens (primary N) is 1. The fourth-order valence-electron chi connectivity index (χ4n) is 1.76. The summed E-state index contributed by atoms with van der Waals surface area (Å²) in [6.45, 7) is 4.63. The summed E-state index contributed by atoms with van der Waals surface area (Å²) >= 11 is 1.70. The smallest absolute Gasteiger partial charge is 0.145 e. The molecule has 0 aliphatic rings. The van der Waals surface area contributed by atoms with Gasteiger partial charge in [0, 0.05) is 11.4 Å². The maximum absolute atomic E-state index is 6.01. The van der Waals surface area contributed by atoms with Crippen LogP contribution in [0.4, 0.5) is 0 Å². The van der Waals surface area contributed by atoms with Crippen molar-refractivity contribution in [2.24, 2.45) is 5.73 Å². The highest BCUT2D eigenvalue weighted by Crippen LogP contribution is 2.29. The van der Waals surface area contributed by atoms with Crippen molar-refractivity contribution in [2.75, 3.05) is 6.54 Å². The molecule has 0 amide bonds. The van der Waals surface area contributed by atoms with Gasteiger partial charge < -0.3 is 10.5 Å². The standard InChI is InChI=1S/C14H17NOS/c1-10-5-3-4-6-12(10)16-13(9-15)14-11(2)7-8-17-14/h3-8,13H,9,15H2,1-2H3. The van der Waals surface area contributed by atoms with Gasteiger partial charge in [-0.2, -0.15) is 0 Å². The topological polar surface area (TPSA) is 35.2 Å². The van der Waals surface area contributed by atoms with E-state index in [0.29, 0.717) is 6.54 Å². The number of para-hydroxylation sites is 1. The molecular weight excluding hydrogens is 230 g/mol. The molecule has 1 aromatic carbocycles. The van der Waals surface area contributed by atoms with Crippen LogP contribution in [0.3, 0.4) is 0 Å². The summed E-state index contributed by atoms with van der Waals surface area (Å²) < 4.78 is 6.01. The Morgan fingerprint density at radius 2 is 1.94 bits per heavy atom. The van der Waals surface area contributed by atoms with E-state index in [-0.39, 0.29) is 6.10 Å². The lowest BCUT2D eigenvalue weighted by Gasteiger charge is -2.18. The van der Waals surface area contributed by atoms with Crippen molar-refractivity contribution in [1.82, 2.24) is 0 Å². The zero-order valence-electron chi connectivity index (χ0n) is 10.1. The van der Waals surface area contributed by atoms with Gasteiger partial charge in [-0.25, -0.2) is 0 Å². The SMILES string of the molecule is Cc1ccccc1OC(CN)c1sccc1C. The van der Waals surface area contributed by atoms with E-state index in [0.717, 1.165) is 11.3 Å². The Labute approximate surface area is 106 Å². The van der Waals surface area contributed by atoms with E-state index in [1.54, 1.807) is 11.3 Å². The van der Waals surface area contributed by atoms with Gasteiger partial charge >= 0.3 is 0 Å². The molecule has 0 bridgehead atoms. The summed E-state index contributed by atoms with van der Waals surface area (Å²) in [7, 11) is 0. The molecule has 0 spiro atoms. The molecule has 1 atom stereocenters. The lowest BCUT2D eigenvalue weighted by atomic mass is 10.2. The highest BCUT2D eigenvalue weighted by atomic mass is 32.1. The van der Waals surface area contributed by atoms with Gasteiger partial charge in [0.05, 0.1) is 0 Å². The highest BCUT2D eigenvalue weighted by Gasteiger charge is 2.16. The zero-order valence-corrected chi connectivity index (χ0v) is 11.0. The number of hydrogen-bond acceptors (Lipinski definition) is 3. The summed E-state index contributed by atoms with van der Waals surface area (Å²) in [5.74, 6) is 0.913. The Hall–Kier alpha value is -1.32. The Kier molecular flexibility index (Phi) is 3.82. The van der Waals surface area contributed by atoms with Crippen LogP contribution in [0.5, 0.6) is 5.75 Å². The van der Waals surface area contributed by atoms with Crippen LogP contribution in [-0.4, -0.2) is 6.54 Å². The number of hydrogen-bond donors (Lipinski definition) is 1. The largest absolute Gasteiger partial charge is 0.483 e. The summed E-state index contributed by atoms with van der Waals surface area (Å²) in [5.41, 5.74) is 8.20. The first-order valence-corrected chi connectivity index (χ1v) is 6.56. The van der Waals surface area contributed by atoms with Crippen molar-refractivity contribution in [3.63, 3.8) is 0 Å². The van der Waals surface area contributed by atoms with Crippen LogP contribution in [0, 0.1) is 13.8 Å². The second-order valence-corrected chi connectivity index (χ2v) is 5.02. The predicted octanol–water partition coefficient (Wildman–Crippen LogP) is 3.44. The van der Waals surface area contributed by atoms with Gasteiger partial charge in [0.2, 0.25) is 0 Å². The lowest BCUT2D eigenvalue weighted by Crippen LogP contribution is -2.18. The maximum Gasteiger partial charge on any atom is 0.145 e. The number of rotatable bonds is 4. The first-order valence-electron chi connectivity index (χ1n) is 5.68. The molecule has 0 radical (unpaired) electrons. The van der Waals surface area contributed by atoms with E-state index in [2.05, 4.69) is 18.4 Å². The minimum absolute atomic E-state index is 0.0453. The fourth-order valence-corrected chi connectivity index (χ4v) is 2.73. The highest BCUT2D eigenvalue weighted by molar-refractivity contribution is 7.10. The molecule has 2 nitrogen and oxygen atoms in total. The Morgan fingerprint density at radius 3 is 2.53 bits per heavy atom. The summed E-state index contributed by atoms with van der Waals surface area (Å²) in [4.78, 5) is 1.22. The third-order valence-corrected chi connectivity index (χ3v) is 3.88. The molecule has 0 fully saturated rings. The van der Waals surface area contributed by atoms with Crippen molar-refractivity contribution >= 4 is 11.3 Å². The van der Waals surface area contributed by atoms with Gasteiger partial charge in [0.15, 0.2) is 0 Å². The van der Waals surface area contributed by atoms with Crippen molar-refractivity contribution < 1.29 is 4.74 Å². The van der Waals surface area contributed by atoms with Crippen molar-refractivity contribution in [2.45, 2.75) is 20.0 Å². The summed E-state index contributed by atoms with van der Waals surface area (Å²) in [5, 5.41) is 2.08. The van der Waals surface area contributed by atoms with Crippen LogP contribution < -0.4 is 10.5 Å². The van der Waals surface area contributed by atoms with Crippen LogP contribution in [0.2, 0.25) is 0 Å². The van der Waals surface area contributed by atoms with Gasteiger partial charge in [-0.05, 0) is 42.5 Å². The van der Waals surface area contributed by atoms with Crippen LogP contribution >= 0.6 is 11.3 Å². The molecular formula is C14H17NOS. The van der Waals surface area contributed by atoms with E-state index in [1.165, 1.54) is 10.4 Å². The van der Waals surface area contributed by atoms with E-state index in [4.69, 9.17) is 10.5 Å². The summed E-state index contributed by atoms with van der Waals surface area (Å²) in [6.07, 6.45) is -0.0453. The van der Waals surface area contributed by atoms with E-state index in [9.17, 15) is 0 Å². The molecule has 1 heterocycles. The molecule has 2 aromatic rings. The predicted molar refractivity (Wildman–Crippen MR) is 72.7 cm³/mol. The van der Waals surface area contributed by atoms with Crippen molar-refractivity contribution in [3.05, 3.63) is 51.7 Å². The van der Waals surface area contributed by atoms with Crippen LogP contribution in [0.1, 0.15) is 22.1 Å². The number of aryl methyl sites for hydroxylation is 2. The normalized spacial score (nSPS) is 12.4. The molecule has 2 N–H and O–H groups in total. The van der Waals surface area contributed by atoms with Gasteiger partial charge in [0.1, 0.15) is 11.9 Å². The first-order chi connectivity index (χ1) is 8.22. The molecule has 17 heavy (non-hydrogen) atoms. The second kappa shape index (κ2) is 5.34. The maximum atomic E-state index is 6.01. The van der Waals surface area contributed by atoms with Crippen LogP contribution in [0.25, 0.3) is 0 Å². The van der Waals surface area contributed by atoms with Gasteiger partial charge in [-0.3, -0.25) is 0 Å². The second-order valence-electron chi connectivity index (χ2n) is 4.08.